The Bertz CT molecular complexity index is 532. The summed E-state index contributed by atoms with van der Waals surface area (Å²) in [6.07, 6.45) is 5.16. The Morgan fingerprint density at radius 2 is 1.95 bits per heavy atom. The van der Waals surface area contributed by atoms with Crippen LogP contribution in [-0.2, 0) is 4.79 Å². The van der Waals surface area contributed by atoms with Crippen LogP contribution >= 0.6 is 0 Å². The molecule has 2 bridgehead atoms. The maximum Gasteiger partial charge on any atom is 0.227 e. The maximum absolute atomic E-state index is 13.8. The molecule has 0 radical (unpaired) electrons. The number of nitrogens with one attached hydrogen (secondary N) is 1. The monoisotopic (exact) mass is 290 g/mol. The lowest BCUT2D eigenvalue weighted by Crippen LogP contribution is -2.48. The van der Waals surface area contributed by atoms with Crippen molar-refractivity contribution >= 4 is 11.6 Å². The molecule has 0 aliphatic heterocycles. The number of hydrogen-bond donors (Lipinski definition) is 2. The zero-order chi connectivity index (χ0) is 15.0. The van der Waals surface area contributed by atoms with Gasteiger partial charge >= 0.3 is 0 Å². The number of hydrogen-bond acceptors (Lipinski definition) is 2. The van der Waals surface area contributed by atoms with Gasteiger partial charge in [0.1, 0.15) is 5.82 Å². The molecule has 0 spiro atoms. The molecule has 3 N–H and O–H groups in total. The van der Waals surface area contributed by atoms with Crippen LogP contribution in [0.5, 0.6) is 0 Å². The topological polar surface area (TPSA) is 55.1 Å². The zero-order valence-corrected chi connectivity index (χ0v) is 12.4. The summed E-state index contributed by atoms with van der Waals surface area (Å²) in [6.45, 7) is 1.89. The van der Waals surface area contributed by atoms with E-state index < -0.39 is 0 Å². The molecular formula is C17H23FN2O. The molecule has 114 valence electrons. The molecule has 2 atom stereocenters. The standard InChI is InChI=1S/C17H23FN2O/c1-10-5-6-14(18)15(7-10)20-17(21)13-8-11-3-2-4-12(9-13)16(11)19/h5-7,11-13,16H,2-4,8-9,19H2,1H3,(H,20,21). The van der Waals surface area contributed by atoms with Crippen LogP contribution in [0.1, 0.15) is 37.7 Å². The number of amides is 1. The highest BCUT2D eigenvalue weighted by Crippen LogP contribution is 2.42. The Kier molecular flexibility index (Phi) is 3.98. The molecule has 2 aliphatic rings. The normalized spacial score (nSPS) is 31.8. The molecule has 0 heterocycles. The van der Waals surface area contributed by atoms with Gasteiger partial charge < -0.3 is 11.1 Å². The molecule has 2 aliphatic carbocycles. The van der Waals surface area contributed by atoms with Crippen molar-refractivity contribution in [3.63, 3.8) is 0 Å². The van der Waals surface area contributed by atoms with Crippen LogP contribution in [0.15, 0.2) is 18.2 Å². The molecule has 2 fully saturated rings. The third-order valence-electron chi connectivity index (χ3n) is 5.16. The van der Waals surface area contributed by atoms with Gasteiger partial charge in [-0.1, -0.05) is 12.5 Å². The number of nitrogens with two attached hydrogens (primary N) is 1. The predicted molar refractivity (Wildman–Crippen MR) is 81.3 cm³/mol. The lowest BCUT2D eigenvalue weighted by atomic mass is 9.65. The number of rotatable bonds is 2. The summed E-state index contributed by atoms with van der Waals surface area (Å²) in [7, 11) is 0. The third kappa shape index (κ3) is 2.95. The fraction of sp³-hybridized carbons (Fsp3) is 0.588. The summed E-state index contributed by atoms with van der Waals surface area (Å²) >= 11 is 0. The molecule has 2 unspecified atom stereocenters. The third-order valence-corrected chi connectivity index (χ3v) is 5.16. The van der Waals surface area contributed by atoms with Gasteiger partial charge in [-0.3, -0.25) is 4.79 Å². The van der Waals surface area contributed by atoms with E-state index in [1.807, 2.05) is 6.92 Å². The highest BCUT2D eigenvalue weighted by Gasteiger charge is 2.40. The largest absolute Gasteiger partial charge is 0.327 e. The Morgan fingerprint density at radius 3 is 2.62 bits per heavy atom. The van der Waals surface area contributed by atoms with E-state index in [1.165, 1.54) is 12.5 Å². The summed E-state index contributed by atoms with van der Waals surface area (Å²) in [5.74, 6) is 0.455. The molecule has 0 saturated heterocycles. The summed E-state index contributed by atoms with van der Waals surface area (Å²) < 4.78 is 13.8. The first-order valence-corrected chi connectivity index (χ1v) is 7.87. The molecule has 3 nitrogen and oxygen atoms in total. The first-order valence-electron chi connectivity index (χ1n) is 7.87. The van der Waals surface area contributed by atoms with E-state index in [4.69, 9.17) is 5.73 Å². The van der Waals surface area contributed by atoms with E-state index in [-0.39, 0.29) is 23.7 Å². The zero-order valence-electron chi connectivity index (χ0n) is 12.4. The number of fused-ring (bicyclic) bond motifs is 2. The summed E-state index contributed by atoms with van der Waals surface area (Å²) in [6, 6.07) is 5.03. The number of benzene rings is 1. The smallest absolute Gasteiger partial charge is 0.227 e. The van der Waals surface area contributed by atoms with Gasteiger partial charge in [0.2, 0.25) is 5.91 Å². The van der Waals surface area contributed by atoms with Crippen LogP contribution in [0, 0.1) is 30.5 Å². The minimum absolute atomic E-state index is 0.0278. The van der Waals surface area contributed by atoms with E-state index in [2.05, 4.69) is 5.32 Å². The summed E-state index contributed by atoms with van der Waals surface area (Å²) in [5.41, 5.74) is 7.48. The van der Waals surface area contributed by atoms with Crippen molar-refractivity contribution in [2.75, 3.05) is 5.32 Å². The molecule has 3 rings (SSSR count). The number of aryl methyl sites for hydroxylation is 1. The average molecular weight is 290 g/mol. The van der Waals surface area contributed by atoms with Crippen LogP contribution in [0.4, 0.5) is 10.1 Å². The van der Waals surface area contributed by atoms with Crippen LogP contribution in [-0.4, -0.2) is 11.9 Å². The van der Waals surface area contributed by atoms with Gasteiger partial charge in [0.15, 0.2) is 0 Å². The van der Waals surface area contributed by atoms with Crippen molar-refractivity contribution < 1.29 is 9.18 Å². The van der Waals surface area contributed by atoms with E-state index >= 15 is 0 Å². The van der Waals surface area contributed by atoms with Gasteiger partial charge in [-0.15, -0.1) is 0 Å². The predicted octanol–water partition coefficient (Wildman–Crippen LogP) is 3.23. The summed E-state index contributed by atoms with van der Waals surface area (Å²) in [4.78, 5) is 12.5. The number of halogens is 1. The van der Waals surface area contributed by atoms with Crippen molar-refractivity contribution in [3.05, 3.63) is 29.6 Å². The number of anilines is 1. The maximum atomic E-state index is 13.8. The van der Waals surface area contributed by atoms with E-state index in [0.717, 1.165) is 31.2 Å². The van der Waals surface area contributed by atoms with Crippen LogP contribution in [0.25, 0.3) is 0 Å². The average Bonchev–Trinajstić information content (AvgIpc) is 2.42. The van der Waals surface area contributed by atoms with Crippen molar-refractivity contribution in [1.82, 2.24) is 0 Å². The number of carbonyl (C=O) groups excluding carboxylic acids is 1. The molecule has 0 aromatic heterocycles. The second-order valence-electron chi connectivity index (χ2n) is 6.67. The Labute approximate surface area is 125 Å². The molecule has 2 saturated carbocycles. The lowest BCUT2D eigenvalue weighted by molar-refractivity contribution is -0.122. The van der Waals surface area contributed by atoms with E-state index in [1.54, 1.807) is 12.1 Å². The minimum atomic E-state index is -0.373. The second-order valence-corrected chi connectivity index (χ2v) is 6.67. The molecule has 1 aromatic carbocycles. The first-order chi connectivity index (χ1) is 10.0. The van der Waals surface area contributed by atoms with Crippen molar-refractivity contribution in [1.29, 1.82) is 0 Å². The van der Waals surface area contributed by atoms with Gasteiger partial charge in [-0.2, -0.15) is 0 Å². The van der Waals surface area contributed by atoms with Gasteiger partial charge in [0.05, 0.1) is 5.69 Å². The highest BCUT2D eigenvalue weighted by atomic mass is 19.1. The van der Waals surface area contributed by atoms with Crippen molar-refractivity contribution in [2.24, 2.45) is 23.5 Å². The molecule has 4 heteroatoms. The van der Waals surface area contributed by atoms with Crippen LogP contribution < -0.4 is 11.1 Å². The van der Waals surface area contributed by atoms with Gasteiger partial charge in [-0.25, -0.2) is 4.39 Å². The first kappa shape index (κ1) is 14.5. The second kappa shape index (κ2) is 5.76. The van der Waals surface area contributed by atoms with Gasteiger partial charge in [0, 0.05) is 12.0 Å². The van der Waals surface area contributed by atoms with Crippen molar-refractivity contribution in [3.8, 4) is 0 Å². The fourth-order valence-electron chi connectivity index (χ4n) is 3.97. The Balaban J connectivity index is 1.70. The Hall–Kier alpha value is -1.42. The molecule has 21 heavy (non-hydrogen) atoms. The van der Waals surface area contributed by atoms with Gasteiger partial charge in [0.25, 0.3) is 0 Å². The number of carbonyl (C=O) groups is 1. The van der Waals surface area contributed by atoms with E-state index in [9.17, 15) is 9.18 Å². The van der Waals surface area contributed by atoms with Crippen LogP contribution in [0.3, 0.4) is 0 Å². The van der Waals surface area contributed by atoms with Crippen molar-refractivity contribution in [2.45, 2.75) is 45.1 Å². The SMILES string of the molecule is Cc1ccc(F)c(NC(=O)C2CC3CCCC(C2)C3N)c1. The Morgan fingerprint density at radius 1 is 1.29 bits per heavy atom. The molecule has 1 aromatic rings. The van der Waals surface area contributed by atoms with Gasteiger partial charge in [-0.05, 0) is 62.1 Å². The summed E-state index contributed by atoms with van der Waals surface area (Å²) in [5, 5.41) is 2.77. The molecule has 1 amide bonds. The fourth-order valence-corrected chi connectivity index (χ4v) is 3.97. The lowest BCUT2D eigenvalue weighted by Gasteiger charge is -2.43. The van der Waals surface area contributed by atoms with E-state index in [0.29, 0.717) is 17.5 Å². The minimum Gasteiger partial charge on any atom is -0.327 e. The molecular weight excluding hydrogens is 267 g/mol. The highest BCUT2D eigenvalue weighted by molar-refractivity contribution is 5.92. The quantitative estimate of drug-likeness (QED) is 0.878. The van der Waals surface area contributed by atoms with Crippen LogP contribution in [0.2, 0.25) is 0 Å².